The van der Waals surface area contributed by atoms with Crippen LogP contribution in [-0.2, 0) is 0 Å². The van der Waals surface area contributed by atoms with Gasteiger partial charge in [-0.05, 0) is 18.2 Å². The molecule has 18 heavy (non-hydrogen) atoms. The second-order valence-electron chi connectivity index (χ2n) is 3.82. The molecule has 0 saturated heterocycles. The van der Waals surface area contributed by atoms with Crippen molar-refractivity contribution in [3.05, 3.63) is 41.7 Å². The molecule has 5 heteroatoms. The number of benzene rings is 1. The maximum Gasteiger partial charge on any atom is 0.124 e. The molecular weight excluding hydrogens is 310 g/mol. The fraction of sp³-hybridized carbons (Fsp3) is 0.0769. The number of thioether (sulfide) groups is 1. The van der Waals surface area contributed by atoms with E-state index in [0.29, 0.717) is 0 Å². The van der Waals surface area contributed by atoms with Crippen LogP contribution in [0.15, 0.2) is 46.7 Å². The molecule has 0 unspecified atom stereocenters. The fourth-order valence-electron chi connectivity index (χ4n) is 1.89. The van der Waals surface area contributed by atoms with Crippen LogP contribution < -0.4 is 0 Å². The molecule has 3 aromatic rings. The summed E-state index contributed by atoms with van der Waals surface area (Å²) in [4.78, 5) is 12.1. The number of halogens is 1. The summed E-state index contributed by atoms with van der Waals surface area (Å²) in [5.41, 5.74) is 3.04. The summed E-state index contributed by atoms with van der Waals surface area (Å²) in [6, 6.07) is 6.13. The number of fused-ring (bicyclic) bond motifs is 3. The summed E-state index contributed by atoms with van der Waals surface area (Å²) >= 11 is 5.14. The maximum atomic E-state index is 4.38. The first-order valence-corrected chi connectivity index (χ1v) is 7.23. The maximum absolute atomic E-state index is 4.38. The standard InChI is InChI=1S/C13H10BrN3S/c1-2-5-18-13-12-11(15-7-16-13)9-6-8(14)3-4-10(9)17-12/h2-4,6-7,17H,1,5H2. The van der Waals surface area contributed by atoms with Crippen molar-refractivity contribution in [2.24, 2.45) is 0 Å². The van der Waals surface area contributed by atoms with E-state index >= 15 is 0 Å². The van der Waals surface area contributed by atoms with Gasteiger partial charge in [0.2, 0.25) is 0 Å². The first kappa shape index (κ1) is 11.7. The van der Waals surface area contributed by atoms with Crippen LogP contribution in [0.3, 0.4) is 0 Å². The predicted octanol–water partition coefficient (Wildman–Crippen LogP) is 4.15. The first-order valence-electron chi connectivity index (χ1n) is 5.45. The van der Waals surface area contributed by atoms with Crippen molar-refractivity contribution < 1.29 is 0 Å². The van der Waals surface area contributed by atoms with E-state index in [-0.39, 0.29) is 0 Å². The van der Waals surface area contributed by atoms with Gasteiger partial charge in [0.05, 0.1) is 5.52 Å². The van der Waals surface area contributed by atoms with E-state index in [0.717, 1.165) is 37.2 Å². The number of H-pyrrole nitrogens is 1. The molecule has 0 bridgehead atoms. The van der Waals surface area contributed by atoms with Gasteiger partial charge in [-0.1, -0.05) is 22.0 Å². The Kier molecular flexibility index (Phi) is 3.09. The monoisotopic (exact) mass is 319 g/mol. The summed E-state index contributed by atoms with van der Waals surface area (Å²) < 4.78 is 1.05. The zero-order valence-electron chi connectivity index (χ0n) is 9.48. The van der Waals surface area contributed by atoms with Gasteiger partial charge in [0, 0.05) is 21.1 Å². The topological polar surface area (TPSA) is 41.6 Å². The van der Waals surface area contributed by atoms with Gasteiger partial charge < -0.3 is 4.98 Å². The van der Waals surface area contributed by atoms with Crippen molar-refractivity contribution in [2.75, 3.05) is 5.75 Å². The minimum Gasteiger partial charge on any atom is -0.351 e. The van der Waals surface area contributed by atoms with Gasteiger partial charge in [-0.15, -0.1) is 18.3 Å². The number of aromatic amines is 1. The van der Waals surface area contributed by atoms with E-state index in [2.05, 4.69) is 43.5 Å². The van der Waals surface area contributed by atoms with Crippen molar-refractivity contribution in [3.8, 4) is 0 Å². The molecule has 3 nitrogen and oxygen atoms in total. The van der Waals surface area contributed by atoms with Crippen LogP contribution in [0.25, 0.3) is 21.9 Å². The van der Waals surface area contributed by atoms with Crippen LogP contribution in [0.2, 0.25) is 0 Å². The second-order valence-corrected chi connectivity index (χ2v) is 5.74. The Morgan fingerprint density at radius 2 is 2.28 bits per heavy atom. The zero-order valence-corrected chi connectivity index (χ0v) is 11.9. The quantitative estimate of drug-likeness (QED) is 0.448. The Hall–Kier alpha value is -1.33. The molecule has 0 spiro atoms. The highest BCUT2D eigenvalue weighted by Gasteiger charge is 2.10. The third-order valence-electron chi connectivity index (χ3n) is 2.65. The fourth-order valence-corrected chi connectivity index (χ4v) is 2.94. The molecule has 0 radical (unpaired) electrons. The van der Waals surface area contributed by atoms with Gasteiger partial charge in [-0.3, -0.25) is 0 Å². The molecule has 0 aliphatic heterocycles. The van der Waals surface area contributed by atoms with Crippen molar-refractivity contribution in [1.29, 1.82) is 0 Å². The highest BCUT2D eigenvalue weighted by molar-refractivity contribution is 9.10. The molecule has 0 aliphatic carbocycles. The van der Waals surface area contributed by atoms with Crippen molar-refractivity contribution >= 4 is 49.6 Å². The van der Waals surface area contributed by atoms with Gasteiger partial charge >= 0.3 is 0 Å². The van der Waals surface area contributed by atoms with Gasteiger partial charge in [0.25, 0.3) is 0 Å². The molecule has 0 fully saturated rings. The van der Waals surface area contributed by atoms with Crippen LogP contribution in [-0.4, -0.2) is 20.7 Å². The van der Waals surface area contributed by atoms with E-state index in [1.54, 1.807) is 18.1 Å². The van der Waals surface area contributed by atoms with Gasteiger partial charge in [-0.25, -0.2) is 9.97 Å². The minimum absolute atomic E-state index is 0.838. The van der Waals surface area contributed by atoms with E-state index < -0.39 is 0 Å². The largest absolute Gasteiger partial charge is 0.351 e. The van der Waals surface area contributed by atoms with Crippen molar-refractivity contribution in [2.45, 2.75) is 5.03 Å². The number of hydrogen-bond donors (Lipinski definition) is 1. The molecule has 0 atom stereocenters. The summed E-state index contributed by atoms with van der Waals surface area (Å²) in [6.07, 6.45) is 3.49. The third kappa shape index (κ3) is 1.93. The molecule has 0 amide bonds. The lowest BCUT2D eigenvalue weighted by atomic mass is 10.2. The molecule has 2 aromatic heterocycles. The summed E-state index contributed by atoms with van der Waals surface area (Å²) in [5.74, 6) is 0.838. The Labute approximate surface area is 117 Å². The van der Waals surface area contributed by atoms with Crippen LogP contribution >= 0.6 is 27.7 Å². The second kappa shape index (κ2) is 4.74. The lowest BCUT2D eigenvalue weighted by molar-refractivity contribution is 1.09. The lowest BCUT2D eigenvalue weighted by Crippen LogP contribution is -1.85. The number of aromatic nitrogens is 3. The number of nitrogens with zero attached hydrogens (tertiary/aromatic N) is 2. The van der Waals surface area contributed by atoms with E-state index in [4.69, 9.17) is 0 Å². The minimum atomic E-state index is 0.838. The Morgan fingerprint density at radius 1 is 1.39 bits per heavy atom. The molecular formula is C13H10BrN3S. The van der Waals surface area contributed by atoms with Gasteiger partial charge in [0.15, 0.2) is 0 Å². The Balaban J connectivity index is 2.28. The molecule has 0 aliphatic rings. The molecule has 90 valence electrons. The first-order chi connectivity index (χ1) is 8.79. The average molecular weight is 320 g/mol. The zero-order chi connectivity index (χ0) is 12.5. The van der Waals surface area contributed by atoms with Crippen molar-refractivity contribution in [1.82, 2.24) is 15.0 Å². The predicted molar refractivity (Wildman–Crippen MR) is 80.0 cm³/mol. The van der Waals surface area contributed by atoms with Crippen LogP contribution in [0.1, 0.15) is 0 Å². The van der Waals surface area contributed by atoms with Gasteiger partial charge in [-0.2, -0.15) is 0 Å². The lowest BCUT2D eigenvalue weighted by Gasteiger charge is -1.98. The van der Waals surface area contributed by atoms with E-state index in [1.807, 2.05) is 18.2 Å². The van der Waals surface area contributed by atoms with Crippen molar-refractivity contribution in [3.63, 3.8) is 0 Å². The smallest absolute Gasteiger partial charge is 0.124 e. The molecule has 3 rings (SSSR count). The Bertz CT molecular complexity index is 736. The van der Waals surface area contributed by atoms with Crippen LogP contribution in [0.5, 0.6) is 0 Å². The number of rotatable bonds is 3. The molecule has 0 saturated carbocycles. The summed E-state index contributed by atoms with van der Waals surface area (Å²) in [7, 11) is 0. The average Bonchev–Trinajstić information content (AvgIpc) is 2.75. The third-order valence-corrected chi connectivity index (χ3v) is 4.13. The molecule has 1 aromatic carbocycles. The van der Waals surface area contributed by atoms with E-state index in [9.17, 15) is 0 Å². The number of nitrogens with one attached hydrogen (secondary N) is 1. The summed E-state index contributed by atoms with van der Waals surface area (Å²) in [5, 5.41) is 2.08. The molecule has 2 heterocycles. The Morgan fingerprint density at radius 3 is 3.11 bits per heavy atom. The highest BCUT2D eigenvalue weighted by atomic mass is 79.9. The molecule has 1 N–H and O–H groups in total. The van der Waals surface area contributed by atoms with Gasteiger partial charge in [0.1, 0.15) is 16.9 Å². The SMILES string of the molecule is C=CCSc1ncnc2c1[nH]c1ccc(Br)cc12. The summed E-state index contributed by atoms with van der Waals surface area (Å²) in [6.45, 7) is 3.73. The highest BCUT2D eigenvalue weighted by Crippen LogP contribution is 2.31. The number of hydrogen-bond acceptors (Lipinski definition) is 3. The van der Waals surface area contributed by atoms with E-state index in [1.165, 1.54) is 0 Å². The normalized spacial score (nSPS) is 11.2. The van der Waals surface area contributed by atoms with Crippen LogP contribution in [0.4, 0.5) is 0 Å². The van der Waals surface area contributed by atoms with Crippen LogP contribution in [0, 0.1) is 0 Å².